The van der Waals surface area contributed by atoms with Crippen molar-refractivity contribution < 1.29 is 14.3 Å². The predicted molar refractivity (Wildman–Crippen MR) is 92.6 cm³/mol. The average Bonchev–Trinajstić information content (AvgIpc) is 3.10. The van der Waals surface area contributed by atoms with Crippen LogP contribution in [0, 0.1) is 0 Å². The number of benzene rings is 1. The highest BCUT2D eigenvalue weighted by atomic mass is 16.5. The molecule has 6 heteroatoms. The Morgan fingerprint density at radius 3 is 2.54 bits per heavy atom. The van der Waals surface area contributed by atoms with Crippen LogP contribution in [0.3, 0.4) is 0 Å². The van der Waals surface area contributed by atoms with E-state index in [1.165, 1.54) is 18.4 Å². The lowest BCUT2D eigenvalue weighted by Gasteiger charge is -2.28. The number of nitrogens with zero attached hydrogens (tertiary/aromatic N) is 1. The minimum Gasteiger partial charge on any atom is -0.450 e. The Hall–Kier alpha value is -2.08. The topological polar surface area (TPSA) is 70.7 Å². The van der Waals surface area contributed by atoms with Crippen LogP contribution < -0.4 is 10.6 Å². The van der Waals surface area contributed by atoms with Crippen LogP contribution in [0.2, 0.25) is 0 Å². The van der Waals surface area contributed by atoms with Crippen LogP contribution in [0.25, 0.3) is 0 Å². The zero-order valence-corrected chi connectivity index (χ0v) is 14.3. The summed E-state index contributed by atoms with van der Waals surface area (Å²) in [7, 11) is 0. The van der Waals surface area contributed by atoms with Gasteiger partial charge in [-0.15, -0.1) is 0 Å². The van der Waals surface area contributed by atoms with Gasteiger partial charge in [0.25, 0.3) is 0 Å². The summed E-state index contributed by atoms with van der Waals surface area (Å²) >= 11 is 0. The van der Waals surface area contributed by atoms with Crippen molar-refractivity contribution in [1.29, 1.82) is 0 Å². The fraction of sp³-hybridized carbons (Fsp3) is 0.556. The second-order valence-corrected chi connectivity index (χ2v) is 5.87. The number of ether oxygens (including phenoxy) is 1. The molecule has 2 amide bonds. The van der Waals surface area contributed by atoms with E-state index in [1.807, 2.05) is 18.2 Å². The van der Waals surface area contributed by atoms with E-state index >= 15 is 0 Å². The predicted octanol–water partition coefficient (Wildman–Crippen LogP) is 2.08. The molecule has 24 heavy (non-hydrogen) atoms. The maximum Gasteiger partial charge on any atom is 0.407 e. The third-order valence-corrected chi connectivity index (χ3v) is 4.16. The van der Waals surface area contributed by atoms with Crippen LogP contribution in [0.4, 0.5) is 4.79 Å². The molecule has 1 aliphatic heterocycles. The Labute approximate surface area is 143 Å². The van der Waals surface area contributed by atoms with Gasteiger partial charge < -0.3 is 15.4 Å². The number of rotatable bonds is 8. The normalized spacial score (nSPS) is 15.7. The molecule has 1 aliphatic rings. The molecule has 0 aliphatic carbocycles. The SMILES string of the molecule is CCOC(=O)NCCC(=O)NCC(c1ccccc1)N1CCCC1. The highest BCUT2D eigenvalue weighted by Crippen LogP contribution is 2.24. The van der Waals surface area contributed by atoms with Crippen molar-refractivity contribution in [2.75, 3.05) is 32.8 Å². The van der Waals surface area contributed by atoms with Crippen LogP contribution in [-0.4, -0.2) is 49.7 Å². The first-order chi connectivity index (χ1) is 11.7. The second-order valence-electron chi connectivity index (χ2n) is 5.87. The molecule has 2 N–H and O–H groups in total. The van der Waals surface area contributed by atoms with Crippen LogP contribution in [0.15, 0.2) is 30.3 Å². The number of hydrogen-bond acceptors (Lipinski definition) is 4. The number of hydrogen-bond donors (Lipinski definition) is 2. The molecule has 1 saturated heterocycles. The molecule has 0 radical (unpaired) electrons. The summed E-state index contributed by atoms with van der Waals surface area (Å²) < 4.78 is 4.76. The molecular weight excluding hydrogens is 306 g/mol. The standard InChI is InChI=1S/C18H27N3O3/c1-2-24-18(23)19-11-10-17(22)20-14-16(21-12-6-7-13-21)15-8-4-3-5-9-15/h3-5,8-9,16H,2,6-7,10-14H2,1H3,(H,19,23)(H,20,22). The first-order valence-corrected chi connectivity index (χ1v) is 8.67. The van der Waals surface area contributed by atoms with Crippen LogP contribution in [0.5, 0.6) is 0 Å². The summed E-state index contributed by atoms with van der Waals surface area (Å²) in [5, 5.41) is 5.55. The van der Waals surface area contributed by atoms with E-state index < -0.39 is 6.09 Å². The fourth-order valence-electron chi connectivity index (χ4n) is 2.95. The van der Waals surface area contributed by atoms with E-state index in [0.717, 1.165) is 13.1 Å². The average molecular weight is 333 g/mol. The van der Waals surface area contributed by atoms with Crippen LogP contribution in [0.1, 0.15) is 37.8 Å². The third-order valence-electron chi connectivity index (χ3n) is 4.16. The lowest BCUT2D eigenvalue weighted by Crippen LogP contribution is -2.38. The molecule has 0 aromatic heterocycles. The molecule has 1 atom stereocenters. The number of nitrogens with one attached hydrogen (secondary N) is 2. The maximum atomic E-state index is 12.0. The highest BCUT2D eigenvalue weighted by Gasteiger charge is 2.23. The largest absolute Gasteiger partial charge is 0.450 e. The molecule has 1 aromatic carbocycles. The third kappa shape index (κ3) is 5.85. The number of alkyl carbamates (subject to hydrolysis) is 1. The van der Waals surface area contributed by atoms with Gasteiger partial charge in [0.15, 0.2) is 0 Å². The summed E-state index contributed by atoms with van der Waals surface area (Å²) in [5.74, 6) is -0.0630. The Morgan fingerprint density at radius 2 is 1.88 bits per heavy atom. The van der Waals surface area contributed by atoms with E-state index in [9.17, 15) is 9.59 Å². The summed E-state index contributed by atoms with van der Waals surface area (Å²) in [4.78, 5) is 25.6. The Morgan fingerprint density at radius 1 is 1.17 bits per heavy atom. The van der Waals surface area contributed by atoms with Gasteiger partial charge in [0.1, 0.15) is 0 Å². The van der Waals surface area contributed by atoms with Crippen molar-refractivity contribution in [3.05, 3.63) is 35.9 Å². The molecule has 1 fully saturated rings. The van der Waals surface area contributed by atoms with Crippen molar-refractivity contribution in [2.45, 2.75) is 32.2 Å². The van der Waals surface area contributed by atoms with E-state index in [2.05, 4.69) is 27.7 Å². The number of amides is 2. The summed E-state index contributed by atoms with van der Waals surface area (Å²) in [6.45, 7) is 5.08. The quantitative estimate of drug-likeness (QED) is 0.764. The highest BCUT2D eigenvalue weighted by molar-refractivity contribution is 5.77. The molecule has 0 saturated carbocycles. The minimum atomic E-state index is -0.482. The summed E-state index contributed by atoms with van der Waals surface area (Å²) in [6.07, 6.45) is 2.19. The molecule has 1 heterocycles. The number of carbonyl (C=O) groups excluding carboxylic acids is 2. The second kappa shape index (κ2) is 9.93. The summed E-state index contributed by atoms with van der Waals surface area (Å²) in [6, 6.07) is 10.5. The van der Waals surface area contributed by atoms with Gasteiger partial charge in [-0.05, 0) is 38.4 Å². The minimum absolute atomic E-state index is 0.0630. The van der Waals surface area contributed by atoms with E-state index in [4.69, 9.17) is 4.74 Å². The van der Waals surface area contributed by atoms with Gasteiger partial charge >= 0.3 is 6.09 Å². The fourth-order valence-corrected chi connectivity index (χ4v) is 2.95. The molecule has 2 rings (SSSR count). The van der Waals surface area contributed by atoms with Gasteiger partial charge in [0, 0.05) is 19.5 Å². The van der Waals surface area contributed by atoms with Gasteiger partial charge in [0.05, 0.1) is 12.6 Å². The zero-order chi connectivity index (χ0) is 17.2. The molecule has 132 valence electrons. The van der Waals surface area contributed by atoms with Gasteiger partial charge in [0.2, 0.25) is 5.91 Å². The van der Waals surface area contributed by atoms with Gasteiger partial charge in [-0.1, -0.05) is 30.3 Å². The van der Waals surface area contributed by atoms with Crippen molar-refractivity contribution in [1.82, 2.24) is 15.5 Å². The van der Waals surface area contributed by atoms with Crippen molar-refractivity contribution in [3.63, 3.8) is 0 Å². The Bertz CT molecular complexity index is 516. The molecule has 1 aromatic rings. The molecule has 0 bridgehead atoms. The van der Waals surface area contributed by atoms with E-state index in [1.54, 1.807) is 6.92 Å². The molecule has 6 nitrogen and oxygen atoms in total. The smallest absolute Gasteiger partial charge is 0.407 e. The van der Waals surface area contributed by atoms with Gasteiger partial charge in [-0.3, -0.25) is 9.69 Å². The summed E-state index contributed by atoms with van der Waals surface area (Å²) in [5.41, 5.74) is 1.23. The lowest BCUT2D eigenvalue weighted by molar-refractivity contribution is -0.121. The zero-order valence-electron chi connectivity index (χ0n) is 14.3. The Balaban J connectivity index is 1.80. The lowest BCUT2D eigenvalue weighted by atomic mass is 10.1. The van der Waals surface area contributed by atoms with Crippen molar-refractivity contribution in [3.8, 4) is 0 Å². The van der Waals surface area contributed by atoms with E-state index in [0.29, 0.717) is 13.2 Å². The van der Waals surface area contributed by atoms with Crippen molar-refractivity contribution in [2.24, 2.45) is 0 Å². The Kier molecular flexibility index (Phi) is 7.55. The van der Waals surface area contributed by atoms with E-state index in [-0.39, 0.29) is 24.9 Å². The maximum absolute atomic E-state index is 12.0. The first kappa shape index (κ1) is 18.3. The molecule has 0 spiro atoms. The number of likely N-dealkylation sites (tertiary alicyclic amines) is 1. The molecular formula is C18H27N3O3. The van der Waals surface area contributed by atoms with Crippen LogP contribution >= 0.6 is 0 Å². The van der Waals surface area contributed by atoms with Gasteiger partial charge in [-0.2, -0.15) is 0 Å². The number of carbonyl (C=O) groups is 2. The van der Waals surface area contributed by atoms with Gasteiger partial charge in [-0.25, -0.2) is 4.79 Å². The van der Waals surface area contributed by atoms with Crippen LogP contribution in [-0.2, 0) is 9.53 Å². The van der Waals surface area contributed by atoms with Crippen molar-refractivity contribution >= 4 is 12.0 Å². The molecule has 1 unspecified atom stereocenters. The monoisotopic (exact) mass is 333 g/mol. The first-order valence-electron chi connectivity index (χ1n) is 8.67.